The largest absolute Gasteiger partial charge is 0.508 e. The predicted octanol–water partition coefficient (Wildman–Crippen LogP) is 3.31. The summed E-state index contributed by atoms with van der Waals surface area (Å²) in [5.74, 6) is 1.69. The van der Waals surface area contributed by atoms with Crippen LogP contribution < -0.4 is 20.9 Å². The molecule has 1 aliphatic heterocycles. The maximum Gasteiger partial charge on any atom is 0.315 e. The van der Waals surface area contributed by atoms with E-state index in [9.17, 15) is 20.1 Å². The van der Waals surface area contributed by atoms with Crippen molar-refractivity contribution in [2.24, 2.45) is 0 Å². The summed E-state index contributed by atoms with van der Waals surface area (Å²) in [4.78, 5) is 31.1. The number of aliphatic hydroxyl groups excluding tert-OH is 2. The maximum atomic E-state index is 12.9. The molecule has 5 atom stereocenters. The molecule has 16 nitrogen and oxygen atoms in total. The van der Waals surface area contributed by atoms with Crippen LogP contribution in [0.15, 0.2) is 91.3 Å². The molecule has 6 aromatic rings. The number of urea groups is 1. The Morgan fingerprint density at radius 1 is 0.945 bits per heavy atom. The molecule has 1 saturated carbocycles. The summed E-state index contributed by atoms with van der Waals surface area (Å²) in [7, 11) is 0. The molecule has 6 N–H and O–H groups in total. The molecule has 16 heteroatoms. The van der Waals surface area contributed by atoms with Gasteiger partial charge in [-0.3, -0.25) is 0 Å². The summed E-state index contributed by atoms with van der Waals surface area (Å²) < 4.78 is 1.81. The van der Waals surface area contributed by atoms with E-state index in [4.69, 9.17) is 15.0 Å². The van der Waals surface area contributed by atoms with Crippen molar-refractivity contribution in [3.63, 3.8) is 0 Å². The molecule has 1 saturated heterocycles. The fraction of sp³-hybridized carbons (Fsp3) is 0.359. The zero-order valence-corrected chi connectivity index (χ0v) is 30.3. The lowest BCUT2D eigenvalue weighted by atomic mass is 9.91. The first-order valence-electron chi connectivity index (χ1n) is 18.6. The summed E-state index contributed by atoms with van der Waals surface area (Å²) in [6.07, 6.45) is 0.956. The number of phenolic OH excluding ortho intramolecular Hbond substituents is 1. The molecule has 284 valence electrons. The first-order valence-corrected chi connectivity index (χ1v) is 18.6. The highest BCUT2D eigenvalue weighted by Crippen LogP contribution is 2.40. The van der Waals surface area contributed by atoms with Crippen LogP contribution in [0.2, 0.25) is 0 Å². The number of carbonyl (C=O) groups excluding carboxylic acids is 1. The Morgan fingerprint density at radius 3 is 2.40 bits per heavy atom. The number of aryl methyl sites for hydroxylation is 1. The summed E-state index contributed by atoms with van der Waals surface area (Å²) in [6.45, 7) is 3.79. The fourth-order valence-electron chi connectivity index (χ4n) is 7.58. The summed E-state index contributed by atoms with van der Waals surface area (Å²) in [5.41, 5.74) is 4.12. The standard InChI is InChI=1S/C39H44N12O4/c1-2-32-46-48-51(47-32)31-19-30(34(53)35(31)54)50-23-42-33-36(40-21-29(25-11-5-3-6-12-25)26-13-7-4-8-14-26)44-38(45-37(33)50)49-17-16-27(22-49)43-39(55)41-20-24-10-9-15-28(52)18-24/h3-15,18,23,27,29-31,34-35,52-54H,2,16-17,19-22H2,1H3,(H,40,44,45)(H2,41,43,55)/t27?,30-,31+,34+,35-/m1/s1. The number of aromatic hydroxyl groups is 1. The molecule has 0 bridgehead atoms. The van der Waals surface area contributed by atoms with Gasteiger partial charge < -0.3 is 40.7 Å². The van der Waals surface area contributed by atoms with Gasteiger partial charge in [0.05, 0.1) is 12.4 Å². The van der Waals surface area contributed by atoms with Gasteiger partial charge in [0.15, 0.2) is 22.8 Å². The number of imidazole rings is 1. The minimum Gasteiger partial charge on any atom is -0.508 e. The van der Waals surface area contributed by atoms with Crippen LogP contribution in [-0.4, -0.2) is 99.0 Å². The van der Waals surface area contributed by atoms with Crippen molar-refractivity contribution in [1.29, 1.82) is 0 Å². The number of hydrogen-bond acceptors (Lipinski definition) is 12. The van der Waals surface area contributed by atoms with E-state index in [1.807, 2.05) is 58.9 Å². The SMILES string of the molecule is CCc1nnn([C@H]2C[C@@H](n3cnc4c(NCC(c5ccccc5)c5ccccc5)nc(N5CCC(NC(=O)NCc6cccc(O)c6)C5)nc43)[C@H](O)[C@@H]2O)n1. The number of fused-ring (bicyclic) bond motifs is 1. The number of aliphatic hydroxyl groups is 2. The van der Waals surface area contributed by atoms with Crippen LogP contribution in [0, 0.1) is 0 Å². The highest BCUT2D eigenvalue weighted by Gasteiger charge is 2.45. The van der Waals surface area contributed by atoms with Gasteiger partial charge in [0.25, 0.3) is 0 Å². The van der Waals surface area contributed by atoms with Gasteiger partial charge in [0.2, 0.25) is 5.95 Å². The Kier molecular flexibility index (Phi) is 10.2. The first kappa shape index (κ1) is 35.9. The van der Waals surface area contributed by atoms with Gasteiger partial charge >= 0.3 is 6.03 Å². The Hall–Kier alpha value is -6.13. The Morgan fingerprint density at radius 2 is 1.69 bits per heavy atom. The first-order chi connectivity index (χ1) is 26.8. The van der Waals surface area contributed by atoms with E-state index < -0.39 is 24.3 Å². The second-order valence-corrected chi connectivity index (χ2v) is 14.1. The number of rotatable bonds is 12. The predicted molar refractivity (Wildman–Crippen MR) is 205 cm³/mol. The Labute approximate surface area is 317 Å². The number of hydrogen-bond donors (Lipinski definition) is 6. The van der Waals surface area contributed by atoms with Crippen molar-refractivity contribution < 1.29 is 20.1 Å². The van der Waals surface area contributed by atoms with Crippen LogP contribution in [0.4, 0.5) is 16.6 Å². The van der Waals surface area contributed by atoms with Crippen molar-refractivity contribution in [3.05, 3.63) is 114 Å². The number of nitrogens with zero attached hydrogens (tertiary/aromatic N) is 9. The van der Waals surface area contributed by atoms with Crippen molar-refractivity contribution >= 4 is 29.0 Å². The summed E-state index contributed by atoms with van der Waals surface area (Å²) in [5, 5.41) is 54.5. The molecule has 8 rings (SSSR count). The van der Waals surface area contributed by atoms with E-state index in [-0.39, 0.29) is 30.3 Å². The Balaban J connectivity index is 1.07. The third kappa shape index (κ3) is 7.63. The molecule has 3 aromatic carbocycles. The van der Waals surface area contributed by atoms with Crippen molar-refractivity contribution in [3.8, 4) is 5.75 Å². The number of tetrazole rings is 1. The monoisotopic (exact) mass is 744 g/mol. The summed E-state index contributed by atoms with van der Waals surface area (Å²) in [6, 6.07) is 25.7. The molecule has 1 aliphatic carbocycles. The van der Waals surface area contributed by atoms with Gasteiger partial charge in [-0.1, -0.05) is 79.7 Å². The topological polar surface area (TPSA) is 204 Å². The molecule has 2 aliphatic rings. The normalized spacial score (nSPS) is 21.0. The molecule has 55 heavy (non-hydrogen) atoms. The zero-order chi connectivity index (χ0) is 37.9. The van der Waals surface area contributed by atoms with E-state index in [2.05, 4.69) is 55.6 Å². The minimum absolute atomic E-state index is 0.00688. The van der Waals surface area contributed by atoms with E-state index in [1.54, 1.807) is 24.5 Å². The van der Waals surface area contributed by atoms with Crippen LogP contribution >= 0.6 is 0 Å². The minimum atomic E-state index is -1.15. The summed E-state index contributed by atoms with van der Waals surface area (Å²) >= 11 is 0. The van der Waals surface area contributed by atoms with Crippen molar-refractivity contribution in [2.45, 2.75) is 69.0 Å². The van der Waals surface area contributed by atoms with Crippen LogP contribution in [0.25, 0.3) is 11.2 Å². The molecular weight excluding hydrogens is 701 g/mol. The number of benzene rings is 3. The van der Waals surface area contributed by atoms with E-state index >= 15 is 0 Å². The lowest BCUT2D eigenvalue weighted by Crippen LogP contribution is -2.43. The highest BCUT2D eigenvalue weighted by atomic mass is 16.3. The lowest BCUT2D eigenvalue weighted by molar-refractivity contribution is 0.00473. The number of phenols is 1. The van der Waals surface area contributed by atoms with Crippen molar-refractivity contribution in [1.82, 2.24) is 50.4 Å². The maximum absolute atomic E-state index is 12.9. The molecule has 0 spiro atoms. The molecule has 0 radical (unpaired) electrons. The molecule has 3 aromatic heterocycles. The average molecular weight is 745 g/mol. The number of carbonyl (C=O) groups is 1. The van der Waals surface area contributed by atoms with E-state index in [0.717, 1.165) is 16.7 Å². The number of nitrogens with one attached hydrogen (secondary N) is 3. The lowest BCUT2D eigenvalue weighted by Gasteiger charge is -2.22. The average Bonchev–Trinajstić information content (AvgIpc) is 4.02. The van der Waals surface area contributed by atoms with E-state index in [0.29, 0.717) is 67.7 Å². The van der Waals surface area contributed by atoms with Crippen molar-refractivity contribution in [2.75, 3.05) is 29.9 Å². The molecule has 4 heterocycles. The van der Waals surface area contributed by atoms with Crippen LogP contribution in [0.1, 0.15) is 60.3 Å². The molecular formula is C39H44N12O4. The van der Waals surface area contributed by atoms with Crippen LogP contribution in [0.5, 0.6) is 5.75 Å². The van der Waals surface area contributed by atoms with Crippen LogP contribution in [0.3, 0.4) is 0 Å². The quantitative estimate of drug-likeness (QED) is 0.107. The second-order valence-electron chi connectivity index (χ2n) is 14.1. The third-order valence-electron chi connectivity index (χ3n) is 10.5. The fourth-order valence-corrected chi connectivity index (χ4v) is 7.58. The van der Waals surface area contributed by atoms with E-state index in [1.165, 1.54) is 4.80 Å². The van der Waals surface area contributed by atoms with Gasteiger partial charge in [-0.05, 0) is 46.9 Å². The van der Waals surface area contributed by atoms with Gasteiger partial charge in [-0.25, -0.2) is 9.78 Å². The third-order valence-corrected chi connectivity index (χ3v) is 10.5. The molecule has 2 fully saturated rings. The molecule has 2 amide bonds. The van der Waals surface area contributed by atoms with Gasteiger partial charge in [0.1, 0.15) is 24.0 Å². The van der Waals surface area contributed by atoms with Gasteiger partial charge in [-0.15, -0.1) is 10.2 Å². The van der Waals surface area contributed by atoms with Gasteiger partial charge in [0, 0.05) is 44.6 Å². The number of anilines is 2. The Bertz CT molecular complexity index is 2190. The number of aromatic nitrogens is 8. The highest BCUT2D eigenvalue weighted by molar-refractivity contribution is 5.84. The van der Waals surface area contributed by atoms with Gasteiger partial charge in [-0.2, -0.15) is 14.8 Å². The second kappa shape index (κ2) is 15.7. The molecule has 1 unspecified atom stereocenters. The smallest absolute Gasteiger partial charge is 0.315 e. The zero-order valence-electron chi connectivity index (χ0n) is 30.3. The van der Waals surface area contributed by atoms with Crippen LogP contribution in [-0.2, 0) is 13.0 Å². The number of amides is 2.